The maximum Gasteiger partial charge on any atom is 0.410 e. The minimum atomic E-state index is -0.397. The molecule has 1 saturated heterocycles. The van der Waals surface area contributed by atoms with Crippen LogP contribution in [0.4, 0.5) is 4.79 Å². The Morgan fingerprint density at radius 3 is 2.59 bits per heavy atom. The molecule has 1 amide bonds. The van der Waals surface area contributed by atoms with Crippen molar-refractivity contribution in [3.05, 3.63) is 0 Å². The Bertz CT molecular complexity index is 282. The molecule has 1 aliphatic heterocycles. The number of hydrogen-bond acceptors (Lipinski definition) is 3. The van der Waals surface area contributed by atoms with Gasteiger partial charge in [-0.1, -0.05) is 6.42 Å². The molecule has 1 saturated carbocycles. The summed E-state index contributed by atoms with van der Waals surface area (Å²) in [5, 5.41) is 3.38. The number of hydrogen-bond donors (Lipinski definition) is 1. The summed E-state index contributed by atoms with van der Waals surface area (Å²) in [4.78, 5) is 14.1. The third kappa shape index (κ3) is 3.12. The number of rotatable bonds is 1. The van der Waals surface area contributed by atoms with Gasteiger partial charge in [0, 0.05) is 19.6 Å². The van der Waals surface area contributed by atoms with Crippen LogP contribution in [0.1, 0.15) is 40.0 Å². The van der Waals surface area contributed by atoms with Gasteiger partial charge >= 0.3 is 6.09 Å². The molecule has 17 heavy (non-hydrogen) atoms. The van der Waals surface area contributed by atoms with Crippen molar-refractivity contribution in [1.82, 2.24) is 10.2 Å². The van der Waals surface area contributed by atoms with Crippen LogP contribution in [-0.2, 0) is 4.74 Å². The second-order valence-corrected chi connectivity index (χ2v) is 6.14. The van der Waals surface area contributed by atoms with E-state index in [1.165, 1.54) is 19.3 Å². The Labute approximate surface area is 104 Å². The maximum absolute atomic E-state index is 12.1. The molecule has 2 aliphatic rings. The Morgan fingerprint density at radius 1 is 1.35 bits per heavy atom. The lowest BCUT2D eigenvalue weighted by atomic mass is 9.78. The van der Waals surface area contributed by atoms with Crippen LogP contribution in [0.2, 0.25) is 0 Å². The van der Waals surface area contributed by atoms with Gasteiger partial charge in [-0.2, -0.15) is 0 Å². The quantitative estimate of drug-likeness (QED) is 0.762. The smallest absolute Gasteiger partial charge is 0.410 e. The van der Waals surface area contributed by atoms with E-state index in [4.69, 9.17) is 4.74 Å². The molecular formula is C13H24N2O2. The summed E-state index contributed by atoms with van der Waals surface area (Å²) in [6.45, 7) is 8.34. The Morgan fingerprint density at radius 2 is 2.06 bits per heavy atom. The van der Waals surface area contributed by atoms with Gasteiger partial charge in [0.2, 0.25) is 0 Å². The second kappa shape index (κ2) is 4.84. The lowest BCUT2D eigenvalue weighted by Crippen LogP contribution is -2.58. The van der Waals surface area contributed by atoms with E-state index in [-0.39, 0.29) is 6.09 Å². The highest BCUT2D eigenvalue weighted by molar-refractivity contribution is 5.68. The van der Waals surface area contributed by atoms with E-state index in [0.29, 0.717) is 12.0 Å². The average Bonchev–Trinajstić information content (AvgIpc) is 2.13. The largest absolute Gasteiger partial charge is 0.444 e. The topological polar surface area (TPSA) is 41.6 Å². The number of ether oxygens (including phenoxy) is 1. The van der Waals surface area contributed by atoms with Gasteiger partial charge in [0.05, 0.1) is 6.04 Å². The first-order valence-corrected chi connectivity index (χ1v) is 6.68. The Hall–Kier alpha value is -0.770. The fourth-order valence-electron chi connectivity index (χ4n) is 2.52. The molecule has 0 aromatic heterocycles. The number of amides is 1. The summed E-state index contributed by atoms with van der Waals surface area (Å²) in [6, 6.07) is 0.340. The lowest BCUT2D eigenvalue weighted by molar-refractivity contribution is -0.00245. The molecule has 1 aliphatic carbocycles. The number of carbonyl (C=O) groups is 1. The molecule has 0 spiro atoms. The van der Waals surface area contributed by atoms with Crippen molar-refractivity contribution in [1.29, 1.82) is 0 Å². The van der Waals surface area contributed by atoms with Crippen molar-refractivity contribution < 1.29 is 9.53 Å². The summed E-state index contributed by atoms with van der Waals surface area (Å²) >= 11 is 0. The molecule has 98 valence electrons. The van der Waals surface area contributed by atoms with Crippen LogP contribution in [0.3, 0.4) is 0 Å². The summed E-state index contributed by atoms with van der Waals surface area (Å²) in [5.41, 5.74) is -0.397. The van der Waals surface area contributed by atoms with Crippen LogP contribution >= 0.6 is 0 Å². The molecule has 2 fully saturated rings. The first-order valence-electron chi connectivity index (χ1n) is 6.68. The van der Waals surface area contributed by atoms with Crippen LogP contribution in [0, 0.1) is 5.92 Å². The molecule has 2 rings (SSSR count). The molecule has 0 aromatic rings. The highest BCUT2D eigenvalue weighted by Crippen LogP contribution is 2.33. The summed E-state index contributed by atoms with van der Waals surface area (Å²) in [6.07, 6.45) is 3.68. The second-order valence-electron chi connectivity index (χ2n) is 6.14. The van der Waals surface area contributed by atoms with E-state index in [9.17, 15) is 4.79 Å². The highest BCUT2D eigenvalue weighted by Gasteiger charge is 2.37. The lowest BCUT2D eigenvalue weighted by Gasteiger charge is -2.44. The molecule has 1 N–H and O–H groups in total. The number of piperazine rings is 1. The van der Waals surface area contributed by atoms with E-state index in [2.05, 4.69) is 5.32 Å². The first-order chi connectivity index (χ1) is 7.97. The van der Waals surface area contributed by atoms with Gasteiger partial charge in [0.25, 0.3) is 0 Å². The predicted octanol–water partition coefficient (Wildman–Crippen LogP) is 2.00. The van der Waals surface area contributed by atoms with Gasteiger partial charge in [-0.25, -0.2) is 4.79 Å². The molecule has 0 bridgehead atoms. The Balaban J connectivity index is 1.97. The molecule has 4 heteroatoms. The van der Waals surface area contributed by atoms with Crippen molar-refractivity contribution in [3.63, 3.8) is 0 Å². The Kier molecular flexibility index (Phi) is 3.61. The highest BCUT2D eigenvalue weighted by atomic mass is 16.6. The number of nitrogens with one attached hydrogen (secondary N) is 1. The van der Waals surface area contributed by atoms with Gasteiger partial charge in [0.15, 0.2) is 0 Å². The van der Waals surface area contributed by atoms with E-state index < -0.39 is 5.60 Å². The van der Waals surface area contributed by atoms with Gasteiger partial charge in [0.1, 0.15) is 5.60 Å². The first kappa shape index (κ1) is 12.7. The van der Waals surface area contributed by atoms with Crippen molar-refractivity contribution >= 4 is 6.09 Å². The molecule has 0 radical (unpaired) electrons. The fraction of sp³-hybridized carbons (Fsp3) is 0.923. The monoisotopic (exact) mass is 240 g/mol. The van der Waals surface area contributed by atoms with Crippen molar-refractivity contribution in [2.45, 2.75) is 51.7 Å². The standard InChI is InChI=1S/C13H24N2O2/c1-13(2,3)17-12(16)15-8-7-14-9-11(15)10-5-4-6-10/h10-11,14H,4-9H2,1-3H3/t11-/m0/s1. The van der Waals surface area contributed by atoms with Gasteiger partial charge in [-0.05, 0) is 39.5 Å². The van der Waals surface area contributed by atoms with Crippen LogP contribution in [0.5, 0.6) is 0 Å². The predicted molar refractivity (Wildman–Crippen MR) is 66.9 cm³/mol. The van der Waals surface area contributed by atoms with Gasteiger partial charge < -0.3 is 15.0 Å². The summed E-state index contributed by atoms with van der Waals surface area (Å²) in [7, 11) is 0. The van der Waals surface area contributed by atoms with Gasteiger partial charge in [-0.15, -0.1) is 0 Å². The molecule has 1 atom stereocenters. The molecular weight excluding hydrogens is 216 g/mol. The van der Waals surface area contributed by atoms with Gasteiger partial charge in [-0.3, -0.25) is 0 Å². The summed E-state index contributed by atoms with van der Waals surface area (Å²) in [5.74, 6) is 0.676. The van der Waals surface area contributed by atoms with E-state index in [1.54, 1.807) is 0 Å². The maximum atomic E-state index is 12.1. The molecule has 4 nitrogen and oxygen atoms in total. The minimum absolute atomic E-state index is 0.143. The molecule has 0 unspecified atom stereocenters. The minimum Gasteiger partial charge on any atom is -0.444 e. The number of carbonyl (C=O) groups excluding carboxylic acids is 1. The van der Waals surface area contributed by atoms with Crippen LogP contribution in [0.15, 0.2) is 0 Å². The third-order valence-electron chi connectivity index (χ3n) is 3.61. The molecule has 0 aromatic carbocycles. The SMILES string of the molecule is CC(C)(C)OC(=O)N1CCNC[C@H]1C1CCC1. The van der Waals surface area contributed by atoms with E-state index in [0.717, 1.165) is 19.6 Å². The van der Waals surface area contributed by atoms with Crippen molar-refractivity contribution in [3.8, 4) is 0 Å². The van der Waals surface area contributed by atoms with Crippen molar-refractivity contribution in [2.75, 3.05) is 19.6 Å². The van der Waals surface area contributed by atoms with Crippen LogP contribution in [-0.4, -0.2) is 42.3 Å². The normalized spacial score (nSPS) is 26.5. The van der Waals surface area contributed by atoms with E-state index >= 15 is 0 Å². The fourth-order valence-corrected chi connectivity index (χ4v) is 2.52. The van der Waals surface area contributed by atoms with E-state index in [1.807, 2.05) is 25.7 Å². The molecule has 1 heterocycles. The van der Waals surface area contributed by atoms with Crippen molar-refractivity contribution in [2.24, 2.45) is 5.92 Å². The summed E-state index contributed by atoms with van der Waals surface area (Å²) < 4.78 is 5.49. The van der Waals surface area contributed by atoms with Crippen LogP contribution < -0.4 is 5.32 Å². The zero-order valence-corrected chi connectivity index (χ0v) is 11.2. The number of nitrogens with zero attached hydrogens (tertiary/aromatic N) is 1. The van der Waals surface area contributed by atoms with Crippen LogP contribution in [0.25, 0.3) is 0 Å². The average molecular weight is 240 g/mol. The zero-order valence-electron chi connectivity index (χ0n) is 11.2. The zero-order chi connectivity index (χ0) is 12.5. The third-order valence-corrected chi connectivity index (χ3v) is 3.61.